The summed E-state index contributed by atoms with van der Waals surface area (Å²) < 4.78 is 528. The first-order chi connectivity index (χ1) is 57.5. The molecule has 0 aliphatic heterocycles. The third-order valence-corrected chi connectivity index (χ3v) is 44.2. The van der Waals surface area contributed by atoms with Gasteiger partial charge in [0.1, 0.15) is 28.5 Å². The lowest BCUT2D eigenvalue weighted by Gasteiger charge is -2.01. The third-order valence-electron chi connectivity index (χ3n) is 10.9. The van der Waals surface area contributed by atoms with Crippen molar-refractivity contribution in [2.75, 3.05) is 173 Å². The first kappa shape index (κ1) is 149. The average molecular weight is 2460 g/mol. The second kappa shape index (κ2) is 77.5. The van der Waals surface area contributed by atoms with E-state index in [2.05, 4.69) is 12.6 Å². The number of hydrogen-bond donors (Lipinski definition) is 18. The van der Waals surface area contributed by atoms with Crippen molar-refractivity contribution >= 4 is 298 Å². The molecule has 4 atom stereocenters. The van der Waals surface area contributed by atoms with Crippen LogP contribution < -0.4 is 0 Å². The summed E-state index contributed by atoms with van der Waals surface area (Å²) in [4.78, 5) is 0. The molecule has 0 bridgehead atoms. The normalized spacial score (nSPS) is 13.8. The lowest BCUT2D eigenvalue weighted by Crippen LogP contribution is -2.14. The van der Waals surface area contributed by atoms with Gasteiger partial charge in [-0.1, -0.05) is 43.2 Å². The molecular formula is C45H108O55S29. The molecule has 792 valence electrons. The van der Waals surface area contributed by atoms with Crippen molar-refractivity contribution in [3.8, 4) is 0 Å². The summed E-state index contributed by atoms with van der Waals surface area (Å²) in [6.07, 6.45) is 1.75. The first-order valence-electron chi connectivity index (χ1n) is 34.0. The summed E-state index contributed by atoms with van der Waals surface area (Å²) in [7, 11) is -67.5. The molecule has 0 spiro atoms. The maximum absolute atomic E-state index is 11.3. The van der Waals surface area contributed by atoms with Crippen molar-refractivity contribution in [2.24, 2.45) is 0 Å². The van der Waals surface area contributed by atoms with Crippen LogP contribution in [0, 0.1) is 0 Å². The van der Waals surface area contributed by atoms with Crippen molar-refractivity contribution in [2.45, 2.75) is 96.3 Å². The minimum Gasteiger partial charge on any atom is -0.396 e. The fourth-order valence-electron chi connectivity index (χ4n) is 5.88. The SMILES string of the molecule is O=S(=O)(O)CCCO.O=S(=O)(O)CCCS.O=S(=O)(O)CCCS(=O)(=O)O.O=S(=O)(O)CCCSCCCS(=O)(=O)O.O=S(CCCS(=O)(=O)O)CCCS(=O)(=O)O.O=S(CCCS(=O)(=O)O)S(=O)CCCS(=O)(=O)O.O=S(CCCS(=O)(=O)O)SCCCS(=O)(=O)O.O=S(CCCS(=O)(=O)O)SSCCCS(=O)(=O)O.O=S(SCCCS(=O)(=O)O)SCCCS(=O)(=O)O. The Labute approximate surface area is 796 Å². The Morgan fingerprint density at radius 2 is 0.403 bits per heavy atom. The Balaban J connectivity index is -0.000000181. The molecule has 129 heavy (non-hydrogen) atoms. The highest BCUT2D eigenvalue weighted by Crippen LogP contribution is 2.27. The van der Waals surface area contributed by atoms with E-state index in [1.165, 1.54) is 22.6 Å². The van der Waals surface area contributed by atoms with Gasteiger partial charge in [-0.15, -0.1) is 0 Å². The zero-order valence-corrected chi connectivity index (χ0v) is 90.6. The van der Waals surface area contributed by atoms with Crippen LogP contribution in [0.3, 0.4) is 0 Å². The molecule has 0 amide bonds. The molecule has 0 aliphatic carbocycles. The van der Waals surface area contributed by atoms with Gasteiger partial charge in [-0.25, -0.2) is 21.0 Å². The molecule has 0 rings (SSSR count). The van der Waals surface area contributed by atoms with Crippen LogP contribution in [0.1, 0.15) is 96.3 Å². The second-order valence-electron chi connectivity index (χ2n) is 23.4. The smallest absolute Gasteiger partial charge is 0.264 e. The van der Waals surface area contributed by atoms with Crippen LogP contribution in [0.25, 0.3) is 0 Å². The lowest BCUT2D eigenvalue weighted by atomic mass is 10.5. The van der Waals surface area contributed by atoms with Crippen LogP contribution in [-0.4, -0.2) is 411 Å². The monoisotopic (exact) mass is 2460 g/mol. The molecule has 0 saturated heterocycles. The van der Waals surface area contributed by atoms with E-state index in [-0.39, 0.29) is 170 Å². The number of rotatable bonds is 64. The Hall–Kier alpha value is 1.87. The summed E-state index contributed by atoms with van der Waals surface area (Å²) in [6, 6.07) is 0. The molecule has 0 saturated carbocycles. The average Bonchev–Trinajstić information content (AvgIpc) is 0.943. The van der Waals surface area contributed by atoms with Gasteiger partial charge in [0.05, 0.1) is 112 Å². The molecule has 0 aromatic rings. The van der Waals surface area contributed by atoms with Gasteiger partial charge in [0, 0.05) is 84.8 Å². The standard InChI is InChI=1S/C6H14O8S4.2C6H14O7S5.C6H14O7S4.C6H14O7S3.C6H14O6S3.C3H8O6S2.C3H8O4S.C3H8O3S2/c7-15(3-1-5-17(9,10)11)16(8)4-2-6-18(12,13)14;7-16(4-2-6-18(11,12)13)15-14-3-1-5-17(8,9)10;7-16(14-3-1-5-17(8,9)10)15-4-2-6-18(11,12)13;7-15(4-2-6-17(11,12)13)14-3-1-5-16(8,9)10;7-14(3-1-5-15(8,9)10)4-2-6-16(11,12)13;7-14(8,9)5-1-3-13-4-2-6-15(10,11)12;4-10(5,6)2-1-3-11(7,8)9;4-2-1-3-8(5,6)7;4-8(5,6)3-1-2-7/h1-6H2,(H,9,10,11)(H,12,13,14);2*1-6H2,(H,8,9,10)(H,11,12,13);1-6H2,(H,8,9,10)(H,11,12,13);1-6H2,(H,8,9,10)(H,11,12,13);1-6H2,(H,7,8,9)(H,10,11,12);1-3H2,(H,4,5,6)(H,7,8,9);4H,1-3H2,(H,5,6,7);7H,1-3H2,(H,4,5,6). The maximum Gasteiger partial charge on any atom is 0.264 e. The van der Waals surface area contributed by atoms with Gasteiger partial charge in [0.25, 0.3) is 162 Å². The Kier molecular flexibility index (Phi) is 89.2. The van der Waals surface area contributed by atoms with Crippen molar-refractivity contribution in [3.63, 3.8) is 0 Å². The van der Waals surface area contributed by atoms with Gasteiger partial charge in [-0.05, 0) is 114 Å². The highest BCUT2D eigenvalue weighted by Gasteiger charge is 2.18. The molecule has 0 radical (unpaired) electrons. The summed E-state index contributed by atoms with van der Waals surface area (Å²) in [6.45, 7) is -0.209. The van der Waals surface area contributed by atoms with E-state index < -0.39 is 267 Å². The molecular weight excluding hydrogens is 2350 g/mol. The van der Waals surface area contributed by atoms with Crippen molar-refractivity contribution in [1.29, 1.82) is 0 Å². The summed E-state index contributed by atoms with van der Waals surface area (Å²) >= 11 is 5.14. The summed E-state index contributed by atoms with van der Waals surface area (Å²) in [5.74, 6) is -3.87. The largest absolute Gasteiger partial charge is 0.396 e. The summed E-state index contributed by atoms with van der Waals surface area (Å²) in [5, 5.41) is 8.05. The fraction of sp³-hybridized carbons (Fsp3) is 1.00. The van der Waals surface area contributed by atoms with Crippen LogP contribution in [-0.2, 0) is 221 Å². The van der Waals surface area contributed by atoms with Crippen LogP contribution in [0.4, 0.5) is 0 Å². The number of aliphatic hydroxyl groups is 1. The second-order valence-corrected chi connectivity index (χ2v) is 70.5. The molecule has 0 fully saturated rings. The molecule has 55 nitrogen and oxygen atoms in total. The van der Waals surface area contributed by atoms with Gasteiger partial charge in [0.2, 0.25) is 0 Å². The first-order valence-corrected chi connectivity index (χ1v) is 77.3. The highest BCUT2D eigenvalue weighted by atomic mass is 33.5. The van der Waals surface area contributed by atoms with E-state index in [9.17, 15) is 160 Å². The Morgan fingerprint density at radius 3 is 0.636 bits per heavy atom. The molecule has 0 heterocycles. The zero-order chi connectivity index (χ0) is 104. The van der Waals surface area contributed by atoms with Crippen molar-refractivity contribution in [3.05, 3.63) is 0 Å². The van der Waals surface area contributed by atoms with E-state index in [0.717, 1.165) is 42.2 Å². The van der Waals surface area contributed by atoms with E-state index >= 15 is 0 Å². The number of thioether (sulfide) groups is 1. The van der Waals surface area contributed by atoms with Crippen LogP contribution in [0.15, 0.2) is 0 Å². The predicted molar refractivity (Wildman–Crippen MR) is 506 cm³/mol. The molecule has 17 N–H and O–H groups in total. The van der Waals surface area contributed by atoms with E-state index in [1.807, 2.05) is 0 Å². The van der Waals surface area contributed by atoms with Gasteiger partial charge in [0.15, 0.2) is 0 Å². The molecule has 84 heteroatoms. The Morgan fingerprint density at radius 1 is 0.209 bits per heavy atom. The molecule has 0 aliphatic rings. The van der Waals surface area contributed by atoms with Gasteiger partial charge >= 0.3 is 0 Å². The van der Waals surface area contributed by atoms with Gasteiger partial charge in [-0.2, -0.15) is 159 Å². The molecule has 0 aromatic heterocycles. The number of hydrogen-bond acceptors (Lipinski definition) is 46. The number of aliphatic hydroxyl groups excluding tert-OH is 1. The van der Waals surface area contributed by atoms with Gasteiger partial charge < -0.3 is 5.11 Å². The minimum atomic E-state index is -4.13. The highest BCUT2D eigenvalue weighted by molar-refractivity contribution is 9.05. The van der Waals surface area contributed by atoms with E-state index in [0.29, 0.717) is 53.8 Å². The Bertz CT molecular complexity index is 4990. The van der Waals surface area contributed by atoms with E-state index in [1.54, 1.807) is 0 Å². The number of thiol groups is 1. The topological polar surface area (TPSA) is 993 Å². The van der Waals surface area contributed by atoms with Crippen LogP contribution >= 0.6 is 77.4 Å². The van der Waals surface area contributed by atoms with Crippen LogP contribution in [0.2, 0.25) is 0 Å². The fourth-order valence-corrected chi connectivity index (χ4v) is 33.3. The van der Waals surface area contributed by atoms with Crippen LogP contribution in [0.5, 0.6) is 0 Å². The van der Waals surface area contributed by atoms with Crippen molar-refractivity contribution in [1.82, 2.24) is 0 Å². The van der Waals surface area contributed by atoms with Crippen molar-refractivity contribution < 1.29 is 238 Å². The molecule has 4 unspecified atom stereocenters. The molecule has 0 aromatic carbocycles. The summed E-state index contributed by atoms with van der Waals surface area (Å²) in [5.41, 5.74) is 0. The quantitative estimate of drug-likeness (QED) is 0.0139. The van der Waals surface area contributed by atoms with E-state index in [4.69, 9.17) is 78.0 Å². The third kappa shape index (κ3) is 173. The maximum atomic E-state index is 11.3. The lowest BCUT2D eigenvalue weighted by molar-refractivity contribution is 0.294. The minimum absolute atomic E-state index is 0.0529. The zero-order valence-electron chi connectivity index (χ0n) is 66.8. The van der Waals surface area contributed by atoms with Gasteiger partial charge in [-0.3, -0.25) is 77.1 Å². The predicted octanol–water partition coefficient (Wildman–Crippen LogP) is -1.76.